The number of methoxy groups -OCH3 is 1. The Bertz CT molecular complexity index is 515. The number of hydrogen-bond acceptors (Lipinski definition) is 3. The highest BCUT2D eigenvalue weighted by Crippen LogP contribution is 2.35. The number of amides is 2. The van der Waals surface area contributed by atoms with Crippen LogP contribution in [0.1, 0.15) is 0 Å². The topological polar surface area (TPSA) is 46.6 Å². The fourth-order valence-electron chi connectivity index (χ4n) is 1.51. The van der Waals surface area contributed by atoms with Gasteiger partial charge in [-0.2, -0.15) is 0 Å². The standard InChI is InChI=1S/C11H7Cl2NO3/c1-17-7-5-3-2-4-6(7)14-10(15)8(12)9(13)11(14)16/h2-5H,1H3. The minimum atomic E-state index is -0.647. The van der Waals surface area contributed by atoms with Crippen LogP contribution in [-0.4, -0.2) is 18.9 Å². The Morgan fingerprint density at radius 2 is 1.59 bits per heavy atom. The van der Waals surface area contributed by atoms with E-state index in [-0.39, 0.29) is 10.1 Å². The van der Waals surface area contributed by atoms with Gasteiger partial charge in [0.15, 0.2) is 0 Å². The maximum Gasteiger partial charge on any atom is 0.278 e. The third kappa shape index (κ3) is 1.79. The Morgan fingerprint density at radius 3 is 2.12 bits per heavy atom. The molecule has 88 valence electrons. The van der Waals surface area contributed by atoms with Gasteiger partial charge in [0.1, 0.15) is 15.8 Å². The number of halogens is 2. The van der Waals surface area contributed by atoms with Crippen molar-refractivity contribution in [3.05, 3.63) is 34.3 Å². The number of ether oxygens (including phenoxy) is 1. The summed E-state index contributed by atoms with van der Waals surface area (Å²) in [5, 5.41) is -0.551. The first-order chi connectivity index (χ1) is 8.07. The summed E-state index contributed by atoms with van der Waals surface area (Å²) in [6, 6.07) is 6.62. The molecule has 0 saturated carbocycles. The predicted molar refractivity (Wildman–Crippen MR) is 64.2 cm³/mol. The first-order valence-electron chi connectivity index (χ1n) is 4.65. The SMILES string of the molecule is COc1ccccc1N1C(=O)C(Cl)=C(Cl)C1=O. The van der Waals surface area contributed by atoms with Gasteiger partial charge >= 0.3 is 0 Å². The molecule has 0 bridgehead atoms. The van der Waals surface area contributed by atoms with Crippen LogP contribution in [0.5, 0.6) is 5.75 Å². The van der Waals surface area contributed by atoms with Crippen molar-refractivity contribution in [3.8, 4) is 5.75 Å². The van der Waals surface area contributed by atoms with Crippen LogP contribution in [0.15, 0.2) is 34.3 Å². The summed E-state index contributed by atoms with van der Waals surface area (Å²) in [4.78, 5) is 24.4. The quantitative estimate of drug-likeness (QED) is 0.776. The Balaban J connectivity index is 2.50. The number of carbonyl (C=O) groups is 2. The van der Waals surface area contributed by atoms with E-state index in [9.17, 15) is 9.59 Å². The molecule has 0 radical (unpaired) electrons. The van der Waals surface area contributed by atoms with E-state index >= 15 is 0 Å². The summed E-state index contributed by atoms with van der Waals surface area (Å²) in [6.45, 7) is 0. The van der Waals surface area contributed by atoms with Crippen LogP contribution in [0.3, 0.4) is 0 Å². The van der Waals surface area contributed by atoms with E-state index in [1.54, 1.807) is 24.3 Å². The minimum Gasteiger partial charge on any atom is -0.495 e. The molecule has 6 heteroatoms. The second-order valence-electron chi connectivity index (χ2n) is 3.25. The van der Waals surface area contributed by atoms with Gasteiger partial charge in [-0.3, -0.25) is 9.59 Å². The van der Waals surface area contributed by atoms with E-state index in [0.717, 1.165) is 4.90 Å². The number of imide groups is 1. The van der Waals surface area contributed by atoms with Gasteiger partial charge in [0.25, 0.3) is 11.8 Å². The zero-order valence-corrected chi connectivity index (χ0v) is 10.2. The van der Waals surface area contributed by atoms with Gasteiger partial charge in [-0.25, -0.2) is 4.90 Å². The fraction of sp³-hybridized carbons (Fsp3) is 0.0909. The van der Waals surface area contributed by atoms with Gasteiger partial charge in [0.05, 0.1) is 12.8 Å². The number of nitrogens with zero attached hydrogens (tertiary/aromatic N) is 1. The summed E-state index contributed by atoms with van der Waals surface area (Å²) < 4.78 is 5.07. The number of rotatable bonds is 2. The van der Waals surface area contributed by atoms with Gasteiger partial charge in [0.2, 0.25) is 0 Å². The van der Waals surface area contributed by atoms with Gasteiger partial charge < -0.3 is 4.74 Å². The Morgan fingerprint density at radius 1 is 1.06 bits per heavy atom. The minimum absolute atomic E-state index is 0.275. The normalized spacial score (nSPS) is 15.8. The number of anilines is 1. The molecule has 0 atom stereocenters. The predicted octanol–water partition coefficient (Wildman–Crippen LogP) is 2.26. The third-order valence-corrected chi connectivity index (χ3v) is 3.10. The first kappa shape index (κ1) is 12.0. The molecule has 0 spiro atoms. The van der Waals surface area contributed by atoms with Crippen molar-refractivity contribution in [2.24, 2.45) is 0 Å². The molecule has 1 aromatic rings. The van der Waals surface area contributed by atoms with Crippen molar-refractivity contribution in [1.29, 1.82) is 0 Å². The Kier molecular flexibility index (Phi) is 3.09. The lowest BCUT2D eigenvalue weighted by Gasteiger charge is -2.17. The van der Waals surface area contributed by atoms with Gasteiger partial charge in [-0.1, -0.05) is 35.3 Å². The van der Waals surface area contributed by atoms with E-state index in [0.29, 0.717) is 11.4 Å². The van der Waals surface area contributed by atoms with Crippen LogP contribution < -0.4 is 9.64 Å². The van der Waals surface area contributed by atoms with E-state index in [1.165, 1.54) is 7.11 Å². The average Bonchev–Trinajstić information content (AvgIpc) is 2.54. The molecule has 2 amide bonds. The number of para-hydroxylation sites is 2. The molecule has 0 aliphatic carbocycles. The first-order valence-corrected chi connectivity index (χ1v) is 5.40. The molecule has 17 heavy (non-hydrogen) atoms. The summed E-state index contributed by atoms with van der Waals surface area (Å²) in [5.74, 6) is -0.901. The smallest absolute Gasteiger partial charge is 0.278 e. The lowest BCUT2D eigenvalue weighted by Crippen LogP contribution is -2.31. The summed E-state index contributed by atoms with van der Waals surface area (Å²) in [6.07, 6.45) is 0. The van der Waals surface area contributed by atoms with E-state index in [2.05, 4.69) is 0 Å². The highest BCUT2D eigenvalue weighted by atomic mass is 35.5. The van der Waals surface area contributed by atoms with Crippen LogP contribution in [0.25, 0.3) is 0 Å². The van der Waals surface area contributed by atoms with Crippen LogP contribution >= 0.6 is 23.2 Å². The van der Waals surface area contributed by atoms with Gasteiger partial charge in [0, 0.05) is 0 Å². The molecule has 1 aliphatic rings. The largest absolute Gasteiger partial charge is 0.495 e. The number of hydrogen-bond donors (Lipinski definition) is 0. The molecule has 0 fully saturated rings. The van der Waals surface area contributed by atoms with Crippen LogP contribution in [-0.2, 0) is 9.59 Å². The molecule has 0 unspecified atom stereocenters. The molecular weight excluding hydrogens is 265 g/mol. The summed E-state index contributed by atoms with van der Waals surface area (Å²) in [5.41, 5.74) is 0.318. The average molecular weight is 272 g/mol. The van der Waals surface area contributed by atoms with Crippen molar-refractivity contribution in [2.75, 3.05) is 12.0 Å². The van der Waals surface area contributed by atoms with Crippen LogP contribution in [0.2, 0.25) is 0 Å². The molecule has 4 nitrogen and oxygen atoms in total. The van der Waals surface area contributed by atoms with Crippen molar-refractivity contribution in [1.82, 2.24) is 0 Å². The van der Waals surface area contributed by atoms with E-state index in [4.69, 9.17) is 27.9 Å². The van der Waals surface area contributed by atoms with Crippen molar-refractivity contribution >= 4 is 40.7 Å². The molecule has 0 N–H and O–H groups in total. The number of carbonyl (C=O) groups excluding carboxylic acids is 2. The molecule has 1 heterocycles. The highest BCUT2D eigenvalue weighted by molar-refractivity contribution is 6.62. The zero-order valence-electron chi connectivity index (χ0n) is 8.74. The second kappa shape index (κ2) is 4.39. The van der Waals surface area contributed by atoms with Gasteiger partial charge in [-0.15, -0.1) is 0 Å². The third-order valence-electron chi connectivity index (χ3n) is 2.30. The second-order valence-corrected chi connectivity index (χ2v) is 4.00. The lowest BCUT2D eigenvalue weighted by molar-refractivity contribution is -0.120. The molecule has 0 aromatic heterocycles. The molecule has 1 aromatic carbocycles. The van der Waals surface area contributed by atoms with Crippen molar-refractivity contribution in [2.45, 2.75) is 0 Å². The monoisotopic (exact) mass is 271 g/mol. The van der Waals surface area contributed by atoms with Crippen molar-refractivity contribution in [3.63, 3.8) is 0 Å². The maximum absolute atomic E-state index is 11.8. The van der Waals surface area contributed by atoms with Crippen LogP contribution in [0, 0.1) is 0 Å². The van der Waals surface area contributed by atoms with Crippen molar-refractivity contribution < 1.29 is 14.3 Å². The van der Waals surface area contributed by atoms with E-state index < -0.39 is 11.8 Å². The zero-order chi connectivity index (χ0) is 12.6. The molecular formula is C11H7Cl2NO3. The molecule has 0 saturated heterocycles. The lowest BCUT2D eigenvalue weighted by atomic mass is 10.2. The van der Waals surface area contributed by atoms with E-state index in [1.807, 2.05) is 0 Å². The van der Waals surface area contributed by atoms with Crippen LogP contribution in [0.4, 0.5) is 5.69 Å². The summed E-state index contributed by atoms with van der Waals surface area (Å²) >= 11 is 11.3. The van der Waals surface area contributed by atoms with Gasteiger partial charge in [-0.05, 0) is 12.1 Å². The Labute approximate surface area is 107 Å². The maximum atomic E-state index is 11.8. The molecule has 2 rings (SSSR count). The number of benzene rings is 1. The molecule has 1 aliphatic heterocycles. The Hall–Kier alpha value is -1.52. The fourth-order valence-corrected chi connectivity index (χ4v) is 1.84. The highest BCUT2D eigenvalue weighted by Gasteiger charge is 2.38. The summed E-state index contributed by atoms with van der Waals surface area (Å²) in [7, 11) is 1.44.